The van der Waals surface area contributed by atoms with E-state index in [4.69, 9.17) is 11.3 Å². The van der Waals surface area contributed by atoms with Crippen LogP contribution in [0.15, 0.2) is 24.4 Å². The SMILES string of the molecule is [C-]#[N+]c1cnc(C(=O)Nc2ccc(C3CCC(N(C)CCOC)CC3)cc2N2CCC(C)CC2)[nH]1. The van der Waals surface area contributed by atoms with Gasteiger partial charge in [0.25, 0.3) is 5.82 Å². The number of aromatic nitrogens is 2. The van der Waals surface area contributed by atoms with Crippen molar-refractivity contribution in [3.05, 3.63) is 47.2 Å². The standard InChI is InChI=1S/C27H38N6O2/c1-19-11-13-33(14-12-19)24-17-21(20-5-8-22(9-6-20)32(3)15-16-35-4)7-10-23(24)30-27(34)26-29-18-25(28-2)31-26/h7,10,17-20,22H,5-6,8-9,11-16H2,1,3-4H3,(H,29,31)(H,30,34). The van der Waals surface area contributed by atoms with E-state index in [1.54, 1.807) is 7.11 Å². The molecule has 1 saturated carbocycles. The van der Waals surface area contributed by atoms with Gasteiger partial charge < -0.3 is 24.7 Å². The van der Waals surface area contributed by atoms with Crippen LogP contribution in [0.2, 0.25) is 0 Å². The van der Waals surface area contributed by atoms with Gasteiger partial charge in [-0.25, -0.2) is 4.98 Å². The summed E-state index contributed by atoms with van der Waals surface area (Å²) < 4.78 is 5.25. The molecule has 0 unspecified atom stereocenters. The summed E-state index contributed by atoms with van der Waals surface area (Å²) in [6.45, 7) is 13.1. The van der Waals surface area contributed by atoms with Gasteiger partial charge in [-0.2, -0.15) is 0 Å². The monoisotopic (exact) mass is 478 g/mol. The minimum Gasteiger partial charge on any atom is -0.383 e. The lowest BCUT2D eigenvalue weighted by molar-refractivity contribution is 0.101. The van der Waals surface area contributed by atoms with Crippen LogP contribution in [0.1, 0.15) is 67.5 Å². The second-order valence-corrected chi connectivity index (χ2v) is 10.1. The van der Waals surface area contributed by atoms with E-state index in [0.717, 1.165) is 56.4 Å². The first-order chi connectivity index (χ1) is 17.0. The van der Waals surface area contributed by atoms with Crippen LogP contribution >= 0.6 is 0 Å². The molecule has 188 valence electrons. The number of H-pyrrole nitrogens is 1. The van der Waals surface area contributed by atoms with E-state index in [1.807, 2.05) is 0 Å². The number of anilines is 2. The molecule has 0 radical (unpaired) electrons. The van der Waals surface area contributed by atoms with Crippen molar-refractivity contribution < 1.29 is 9.53 Å². The minimum atomic E-state index is -0.320. The van der Waals surface area contributed by atoms with Crippen LogP contribution in [0.25, 0.3) is 4.85 Å². The van der Waals surface area contributed by atoms with E-state index < -0.39 is 0 Å². The molecular weight excluding hydrogens is 440 g/mol. The van der Waals surface area contributed by atoms with Crippen molar-refractivity contribution in [2.24, 2.45) is 5.92 Å². The Hall–Kier alpha value is -2.89. The molecule has 2 N–H and O–H groups in total. The molecule has 1 aromatic carbocycles. The highest BCUT2D eigenvalue weighted by atomic mass is 16.5. The zero-order chi connectivity index (χ0) is 24.8. The highest BCUT2D eigenvalue weighted by molar-refractivity contribution is 6.04. The van der Waals surface area contributed by atoms with Gasteiger partial charge in [0.2, 0.25) is 5.82 Å². The molecule has 2 heterocycles. The normalized spacial score (nSPS) is 21.2. The maximum atomic E-state index is 12.9. The van der Waals surface area contributed by atoms with Gasteiger partial charge >= 0.3 is 5.91 Å². The highest BCUT2D eigenvalue weighted by Gasteiger charge is 2.27. The van der Waals surface area contributed by atoms with E-state index in [2.05, 4.69) is 62.1 Å². The van der Waals surface area contributed by atoms with Crippen molar-refractivity contribution in [1.29, 1.82) is 0 Å². The third kappa shape index (κ3) is 6.22. The van der Waals surface area contributed by atoms with Gasteiger partial charge in [0.05, 0.1) is 24.2 Å². The lowest BCUT2D eigenvalue weighted by Gasteiger charge is -2.36. The lowest BCUT2D eigenvalue weighted by atomic mass is 9.81. The van der Waals surface area contributed by atoms with Crippen LogP contribution < -0.4 is 10.2 Å². The molecule has 35 heavy (non-hydrogen) atoms. The van der Waals surface area contributed by atoms with Crippen molar-refractivity contribution in [2.75, 3.05) is 50.6 Å². The van der Waals surface area contributed by atoms with E-state index in [-0.39, 0.29) is 17.5 Å². The van der Waals surface area contributed by atoms with Crippen LogP contribution in [-0.2, 0) is 4.74 Å². The molecule has 4 rings (SSSR count). The number of aromatic amines is 1. The molecule has 8 heteroatoms. The Labute approximate surface area is 208 Å². The Morgan fingerprint density at radius 2 is 2.00 bits per heavy atom. The number of benzene rings is 1. The first kappa shape index (κ1) is 25.2. The quantitative estimate of drug-likeness (QED) is 0.519. The van der Waals surface area contributed by atoms with E-state index in [1.165, 1.54) is 37.4 Å². The molecule has 0 bridgehead atoms. The number of likely N-dealkylation sites (N-methyl/N-ethyl adjacent to an activating group) is 1. The minimum absolute atomic E-state index is 0.161. The number of hydrogen-bond donors (Lipinski definition) is 2. The van der Waals surface area contributed by atoms with Crippen molar-refractivity contribution in [2.45, 2.75) is 57.4 Å². The lowest BCUT2D eigenvalue weighted by Crippen LogP contribution is -2.37. The number of ether oxygens (including phenoxy) is 1. The largest absolute Gasteiger partial charge is 0.383 e. The topological polar surface area (TPSA) is 77.9 Å². The van der Waals surface area contributed by atoms with E-state index in [9.17, 15) is 4.79 Å². The Kier molecular flexibility index (Phi) is 8.42. The van der Waals surface area contributed by atoms with Crippen LogP contribution in [0.4, 0.5) is 17.2 Å². The summed E-state index contributed by atoms with van der Waals surface area (Å²) in [4.78, 5) is 27.8. The maximum Gasteiger partial charge on any atom is 0.314 e. The number of carbonyl (C=O) groups excluding carboxylic acids is 1. The fourth-order valence-corrected chi connectivity index (χ4v) is 5.35. The summed E-state index contributed by atoms with van der Waals surface area (Å²) in [5.41, 5.74) is 3.27. The summed E-state index contributed by atoms with van der Waals surface area (Å²) in [7, 11) is 3.97. The fourth-order valence-electron chi connectivity index (χ4n) is 5.35. The van der Waals surface area contributed by atoms with Crippen LogP contribution in [0.3, 0.4) is 0 Å². The Bertz CT molecular complexity index is 1030. The van der Waals surface area contributed by atoms with Gasteiger partial charge in [-0.3, -0.25) is 9.78 Å². The summed E-state index contributed by atoms with van der Waals surface area (Å²) in [5.74, 6) is 1.38. The summed E-state index contributed by atoms with van der Waals surface area (Å²) in [6.07, 6.45) is 8.45. The van der Waals surface area contributed by atoms with E-state index in [0.29, 0.717) is 12.0 Å². The molecule has 2 aliphatic rings. The van der Waals surface area contributed by atoms with Crippen LogP contribution in [0.5, 0.6) is 0 Å². The molecule has 2 aromatic rings. The van der Waals surface area contributed by atoms with Gasteiger partial charge in [0, 0.05) is 32.8 Å². The van der Waals surface area contributed by atoms with E-state index >= 15 is 0 Å². The summed E-state index contributed by atoms with van der Waals surface area (Å²) >= 11 is 0. The molecule has 2 fully saturated rings. The van der Waals surface area contributed by atoms with Gasteiger partial charge in [0.15, 0.2) is 0 Å². The Morgan fingerprint density at radius 3 is 2.66 bits per heavy atom. The zero-order valence-corrected chi connectivity index (χ0v) is 21.2. The van der Waals surface area contributed by atoms with Crippen LogP contribution in [-0.4, -0.2) is 67.2 Å². The predicted molar refractivity (Wildman–Crippen MR) is 139 cm³/mol. The average Bonchev–Trinajstić information content (AvgIpc) is 3.38. The van der Waals surface area contributed by atoms with Crippen molar-refractivity contribution in [3.8, 4) is 0 Å². The molecule has 1 aromatic heterocycles. The van der Waals surface area contributed by atoms with Gasteiger partial charge in [0.1, 0.15) is 0 Å². The molecule has 8 nitrogen and oxygen atoms in total. The first-order valence-electron chi connectivity index (χ1n) is 12.8. The third-order valence-corrected chi connectivity index (χ3v) is 7.73. The number of nitrogens with zero attached hydrogens (tertiary/aromatic N) is 4. The molecule has 0 spiro atoms. The number of imidazole rings is 1. The number of methoxy groups -OCH3 is 1. The number of hydrogen-bond acceptors (Lipinski definition) is 5. The maximum absolute atomic E-state index is 12.9. The second kappa shape index (κ2) is 11.7. The van der Waals surface area contributed by atoms with Crippen molar-refractivity contribution in [3.63, 3.8) is 0 Å². The van der Waals surface area contributed by atoms with Crippen molar-refractivity contribution in [1.82, 2.24) is 14.9 Å². The average molecular weight is 479 g/mol. The Morgan fingerprint density at radius 1 is 1.26 bits per heavy atom. The number of amides is 1. The molecule has 1 aliphatic carbocycles. The molecular formula is C27H38N6O2. The number of piperidine rings is 1. The van der Waals surface area contributed by atoms with Crippen molar-refractivity contribution >= 4 is 23.1 Å². The number of rotatable bonds is 8. The number of nitrogens with one attached hydrogen (secondary N) is 2. The molecule has 0 atom stereocenters. The highest BCUT2D eigenvalue weighted by Crippen LogP contribution is 2.39. The van der Waals surface area contributed by atoms with Gasteiger partial charge in [-0.1, -0.05) is 19.6 Å². The zero-order valence-electron chi connectivity index (χ0n) is 21.2. The second-order valence-electron chi connectivity index (χ2n) is 10.1. The molecule has 1 saturated heterocycles. The van der Waals surface area contributed by atoms with Gasteiger partial charge in [-0.05, 0) is 75.1 Å². The smallest absolute Gasteiger partial charge is 0.314 e. The summed E-state index contributed by atoms with van der Waals surface area (Å²) in [6, 6.07) is 7.16. The van der Waals surface area contributed by atoms with Crippen LogP contribution in [0, 0.1) is 12.5 Å². The molecule has 1 aliphatic heterocycles. The van der Waals surface area contributed by atoms with Gasteiger partial charge in [-0.15, -0.1) is 0 Å². The fraction of sp³-hybridized carbons (Fsp3) is 0.593. The third-order valence-electron chi connectivity index (χ3n) is 7.73. The Balaban J connectivity index is 1.50. The summed E-state index contributed by atoms with van der Waals surface area (Å²) in [5, 5.41) is 3.05. The first-order valence-corrected chi connectivity index (χ1v) is 12.8. The number of carbonyl (C=O) groups is 1. The predicted octanol–water partition coefficient (Wildman–Crippen LogP) is 5.05. The molecule has 1 amide bonds.